The number of nitrogens with zero attached hydrogens (tertiary/aromatic N) is 3. The van der Waals surface area contributed by atoms with Gasteiger partial charge in [-0.3, -0.25) is 4.98 Å². The fourth-order valence-electron chi connectivity index (χ4n) is 3.31. The molecule has 0 fully saturated rings. The van der Waals surface area contributed by atoms with Crippen LogP contribution in [0.1, 0.15) is 30.9 Å². The smallest absolute Gasteiger partial charge is 0.150 e. The van der Waals surface area contributed by atoms with Crippen LogP contribution in [0.15, 0.2) is 36.7 Å². The Morgan fingerprint density at radius 3 is 2.70 bits per heavy atom. The van der Waals surface area contributed by atoms with Crippen LogP contribution in [0.3, 0.4) is 0 Å². The number of benzene rings is 1. The maximum atomic E-state index is 12.0. The first-order valence-corrected chi connectivity index (χ1v) is 10.8. The summed E-state index contributed by atoms with van der Waals surface area (Å²) in [5, 5.41) is 11.2. The van der Waals surface area contributed by atoms with Gasteiger partial charge in [0.15, 0.2) is 9.84 Å². The first-order valence-electron chi connectivity index (χ1n) is 8.61. The first kappa shape index (κ1) is 19.4. The number of nitriles is 1. The van der Waals surface area contributed by atoms with Gasteiger partial charge in [-0.05, 0) is 35.7 Å². The Balaban J connectivity index is 2.13. The Labute approximate surface area is 164 Å². The molecule has 0 radical (unpaired) electrons. The second-order valence-electron chi connectivity index (χ2n) is 6.66. The third-order valence-electron chi connectivity index (χ3n) is 4.82. The van der Waals surface area contributed by atoms with Crippen LogP contribution >= 0.6 is 11.6 Å². The third kappa shape index (κ3) is 3.71. The van der Waals surface area contributed by atoms with E-state index in [1.165, 1.54) is 0 Å². The molecule has 3 rings (SSSR count). The average Bonchev–Trinajstić information content (AvgIpc) is 2.93. The van der Waals surface area contributed by atoms with Gasteiger partial charge in [0.05, 0.1) is 22.5 Å². The van der Waals surface area contributed by atoms with E-state index in [1.54, 1.807) is 25.4 Å². The minimum atomic E-state index is -3.09. The van der Waals surface area contributed by atoms with Crippen molar-refractivity contribution in [2.24, 2.45) is 7.05 Å². The van der Waals surface area contributed by atoms with Gasteiger partial charge in [-0.15, -0.1) is 0 Å². The molecule has 0 aliphatic carbocycles. The van der Waals surface area contributed by atoms with Crippen LogP contribution in [-0.2, 0) is 16.9 Å². The monoisotopic (exact) mass is 401 g/mol. The van der Waals surface area contributed by atoms with Crippen LogP contribution in [0.25, 0.3) is 22.2 Å². The molecule has 0 aliphatic heterocycles. The Kier molecular flexibility index (Phi) is 5.27. The summed E-state index contributed by atoms with van der Waals surface area (Å²) in [5.74, 6) is 0.00865. The zero-order valence-electron chi connectivity index (χ0n) is 15.4. The number of aromatic nitrogens is 2. The Bertz CT molecular complexity index is 1160. The second-order valence-corrected chi connectivity index (χ2v) is 9.50. The van der Waals surface area contributed by atoms with Gasteiger partial charge in [0.1, 0.15) is 6.07 Å². The minimum Gasteiger partial charge on any atom is -0.342 e. The van der Waals surface area contributed by atoms with Crippen molar-refractivity contribution in [1.29, 1.82) is 5.26 Å². The van der Waals surface area contributed by atoms with Crippen LogP contribution in [0, 0.1) is 11.3 Å². The van der Waals surface area contributed by atoms with Gasteiger partial charge in [0.2, 0.25) is 0 Å². The third-order valence-corrected chi connectivity index (χ3v) is 6.94. The molecule has 140 valence electrons. The van der Waals surface area contributed by atoms with E-state index in [4.69, 9.17) is 11.6 Å². The highest BCUT2D eigenvalue weighted by atomic mass is 35.5. The largest absolute Gasteiger partial charge is 0.342 e. The number of fused-ring (bicyclic) bond motifs is 1. The second kappa shape index (κ2) is 7.34. The zero-order valence-corrected chi connectivity index (χ0v) is 17.0. The molecule has 0 saturated carbocycles. The summed E-state index contributed by atoms with van der Waals surface area (Å²) in [5.41, 5.74) is 3.77. The van der Waals surface area contributed by atoms with Crippen molar-refractivity contribution < 1.29 is 8.42 Å². The predicted octanol–water partition coefficient (Wildman–Crippen LogP) is 4.30. The van der Waals surface area contributed by atoms with Crippen molar-refractivity contribution in [3.63, 3.8) is 0 Å². The first-order chi connectivity index (χ1) is 12.8. The van der Waals surface area contributed by atoms with Gasteiger partial charge in [0, 0.05) is 41.2 Å². The normalized spacial score (nSPS) is 12.9. The van der Waals surface area contributed by atoms with Gasteiger partial charge in [-0.1, -0.05) is 25.4 Å². The highest BCUT2D eigenvalue weighted by Crippen LogP contribution is 2.34. The van der Waals surface area contributed by atoms with Crippen molar-refractivity contribution in [2.75, 3.05) is 11.5 Å². The molecule has 27 heavy (non-hydrogen) atoms. The van der Waals surface area contributed by atoms with E-state index in [0.717, 1.165) is 27.7 Å². The molecule has 0 bridgehead atoms. The molecule has 3 aromatic rings. The van der Waals surface area contributed by atoms with E-state index >= 15 is 0 Å². The molecular weight excluding hydrogens is 382 g/mol. The van der Waals surface area contributed by atoms with E-state index < -0.39 is 9.84 Å². The Morgan fingerprint density at radius 2 is 2.04 bits per heavy atom. The number of pyridine rings is 1. The van der Waals surface area contributed by atoms with Crippen molar-refractivity contribution in [2.45, 2.75) is 19.8 Å². The summed E-state index contributed by atoms with van der Waals surface area (Å²) in [6.45, 7) is 3.52. The lowest BCUT2D eigenvalue weighted by Gasteiger charge is -2.13. The van der Waals surface area contributed by atoms with Gasteiger partial charge in [-0.25, -0.2) is 8.42 Å². The highest BCUT2D eigenvalue weighted by Gasteiger charge is 2.20. The summed E-state index contributed by atoms with van der Waals surface area (Å²) >= 11 is 6.12. The molecular formula is C20H20ClN3O2S. The summed E-state index contributed by atoms with van der Waals surface area (Å²) in [7, 11) is -1.21. The molecule has 1 aromatic carbocycles. The maximum Gasteiger partial charge on any atom is 0.150 e. The van der Waals surface area contributed by atoms with E-state index in [1.807, 2.05) is 36.7 Å². The molecule has 1 atom stereocenters. The fourth-order valence-corrected chi connectivity index (χ4v) is 4.67. The fraction of sp³-hybridized carbons (Fsp3) is 0.300. The van der Waals surface area contributed by atoms with Crippen LogP contribution in [0.5, 0.6) is 0 Å². The van der Waals surface area contributed by atoms with Crippen LogP contribution in [-0.4, -0.2) is 29.5 Å². The summed E-state index contributed by atoms with van der Waals surface area (Å²) < 4.78 is 25.8. The summed E-state index contributed by atoms with van der Waals surface area (Å²) in [6, 6.07) is 9.64. The van der Waals surface area contributed by atoms with Gasteiger partial charge >= 0.3 is 0 Å². The lowest BCUT2D eigenvalue weighted by atomic mass is 10.0. The molecule has 1 unspecified atom stereocenters. The van der Waals surface area contributed by atoms with Gasteiger partial charge < -0.3 is 4.57 Å². The summed E-state index contributed by atoms with van der Waals surface area (Å²) in [4.78, 5) is 4.30. The quantitative estimate of drug-likeness (QED) is 0.638. The van der Waals surface area contributed by atoms with Gasteiger partial charge in [0.25, 0.3) is 0 Å². The van der Waals surface area contributed by atoms with E-state index in [0.29, 0.717) is 10.6 Å². The van der Waals surface area contributed by atoms with Crippen molar-refractivity contribution in [3.8, 4) is 17.3 Å². The van der Waals surface area contributed by atoms with Crippen molar-refractivity contribution in [1.82, 2.24) is 9.55 Å². The molecule has 5 nitrogen and oxygen atoms in total. The molecule has 0 spiro atoms. The lowest BCUT2D eigenvalue weighted by molar-refractivity contribution is 0.591. The van der Waals surface area contributed by atoms with Crippen LogP contribution < -0.4 is 0 Å². The minimum absolute atomic E-state index is 0.0739. The SMILES string of the molecule is CCS(=O)(=O)CC(C)c1cncc(-c2c(C#N)c3ccc(Cl)cc3n2C)c1. The van der Waals surface area contributed by atoms with Crippen molar-refractivity contribution in [3.05, 3.63) is 52.8 Å². The molecule has 0 aliphatic rings. The van der Waals surface area contributed by atoms with E-state index in [2.05, 4.69) is 11.1 Å². The number of aryl methyl sites for hydroxylation is 1. The Morgan fingerprint density at radius 1 is 1.30 bits per heavy atom. The lowest BCUT2D eigenvalue weighted by Crippen LogP contribution is -2.14. The molecule has 2 heterocycles. The number of hydrogen-bond donors (Lipinski definition) is 0. The van der Waals surface area contributed by atoms with E-state index in [9.17, 15) is 13.7 Å². The molecule has 2 aromatic heterocycles. The van der Waals surface area contributed by atoms with Crippen LogP contribution in [0.4, 0.5) is 0 Å². The van der Waals surface area contributed by atoms with Gasteiger partial charge in [-0.2, -0.15) is 5.26 Å². The molecule has 7 heteroatoms. The topological polar surface area (TPSA) is 75.8 Å². The standard InChI is InChI=1S/C20H20ClN3O2S/c1-4-27(25,26)12-13(2)14-7-15(11-23-10-14)20-18(9-22)17-6-5-16(21)8-19(17)24(20)3/h5-8,10-11,13H,4,12H2,1-3H3. The summed E-state index contributed by atoms with van der Waals surface area (Å²) in [6.07, 6.45) is 3.38. The maximum absolute atomic E-state index is 12.0. The predicted molar refractivity (Wildman–Crippen MR) is 109 cm³/mol. The van der Waals surface area contributed by atoms with Crippen molar-refractivity contribution >= 4 is 32.3 Å². The van der Waals surface area contributed by atoms with Crippen LogP contribution in [0.2, 0.25) is 5.02 Å². The van der Waals surface area contributed by atoms with E-state index in [-0.39, 0.29) is 17.4 Å². The molecule has 0 saturated heterocycles. The molecule has 0 N–H and O–H groups in total. The number of rotatable bonds is 5. The average molecular weight is 402 g/mol. The number of halogens is 1. The Hall–Kier alpha value is -2.36. The number of sulfone groups is 1. The highest BCUT2D eigenvalue weighted by molar-refractivity contribution is 7.91. The molecule has 0 amide bonds. The zero-order chi connectivity index (χ0) is 19.8. The number of hydrogen-bond acceptors (Lipinski definition) is 4.